The molecule has 4 rings (SSSR count). The van der Waals surface area contributed by atoms with Gasteiger partial charge in [-0.1, -0.05) is 74.5 Å². The van der Waals surface area contributed by atoms with E-state index < -0.39 is 11.9 Å². The molecule has 0 fully saturated rings. The molecule has 0 N–H and O–H groups in total. The van der Waals surface area contributed by atoms with E-state index in [1.807, 2.05) is 43.3 Å². The fourth-order valence-electron chi connectivity index (χ4n) is 5.10. The van der Waals surface area contributed by atoms with E-state index in [9.17, 15) is 9.59 Å². The van der Waals surface area contributed by atoms with Crippen molar-refractivity contribution in [1.29, 1.82) is 0 Å². The number of rotatable bonds is 7. The van der Waals surface area contributed by atoms with Gasteiger partial charge in [0.25, 0.3) is 0 Å². The largest absolute Gasteiger partial charge is 0.465 e. The summed E-state index contributed by atoms with van der Waals surface area (Å²) in [5.41, 5.74) is 8.97. The lowest BCUT2D eigenvalue weighted by Crippen LogP contribution is -2.21. The Morgan fingerprint density at radius 1 is 0.647 bits per heavy atom. The van der Waals surface area contributed by atoms with Crippen LogP contribution in [0.3, 0.4) is 0 Å². The first-order chi connectivity index (χ1) is 16.6. The molecule has 0 unspecified atom stereocenters. The van der Waals surface area contributed by atoms with Crippen molar-refractivity contribution in [2.75, 3.05) is 14.2 Å². The summed E-state index contributed by atoms with van der Waals surface area (Å²) in [6, 6.07) is 20.2. The van der Waals surface area contributed by atoms with Crippen molar-refractivity contribution in [2.45, 2.75) is 39.5 Å². The molecule has 0 atom stereocenters. The van der Waals surface area contributed by atoms with Crippen molar-refractivity contribution in [3.63, 3.8) is 0 Å². The number of ether oxygens (including phenoxy) is 2. The lowest BCUT2D eigenvalue weighted by atomic mass is 9.72. The Morgan fingerprint density at radius 3 is 1.62 bits per heavy atom. The monoisotopic (exact) mass is 454 g/mol. The fraction of sp³-hybridized carbons (Fsp3) is 0.267. The van der Waals surface area contributed by atoms with Gasteiger partial charge in [-0.3, -0.25) is 0 Å². The molecule has 0 spiro atoms. The highest BCUT2D eigenvalue weighted by molar-refractivity contribution is 6.13. The van der Waals surface area contributed by atoms with Crippen molar-refractivity contribution < 1.29 is 19.1 Å². The van der Waals surface area contributed by atoms with E-state index in [2.05, 4.69) is 31.2 Å². The molecule has 0 radical (unpaired) electrons. The van der Waals surface area contributed by atoms with Gasteiger partial charge in [-0.25, -0.2) is 9.59 Å². The predicted octanol–water partition coefficient (Wildman–Crippen LogP) is 6.76. The molecule has 3 aromatic carbocycles. The topological polar surface area (TPSA) is 52.6 Å². The number of carbonyl (C=O) groups is 2. The molecule has 34 heavy (non-hydrogen) atoms. The number of esters is 2. The SMILES string of the molecule is CCc1c(CC)c(C2=C(c3ccccc3)CC2)c(-c2ccccc2)c(C(=O)OC)c1C(=O)OC. The molecule has 0 aliphatic heterocycles. The van der Waals surface area contributed by atoms with Crippen LogP contribution in [0.4, 0.5) is 0 Å². The smallest absolute Gasteiger partial charge is 0.339 e. The van der Waals surface area contributed by atoms with Crippen LogP contribution in [0.15, 0.2) is 60.7 Å². The van der Waals surface area contributed by atoms with Gasteiger partial charge in [0.1, 0.15) is 0 Å². The van der Waals surface area contributed by atoms with Gasteiger partial charge in [-0.05, 0) is 64.6 Å². The molecule has 1 aliphatic carbocycles. The summed E-state index contributed by atoms with van der Waals surface area (Å²) in [5.74, 6) is -1.04. The summed E-state index contributed by atoms with van der Waals surface area (Å²) in [7, 11) is 2.71. The first kappa shape index (κ1) is 23.5. The second-order valence-electron chi connectivity index (χ2n) is 8.34. The van der Waals surface area contributed by atoms with Crippen molar-refractivity contribution in [3.8, 4) is 11.1 Å². The van der Waals surface area contributed by atoms with Crippen LogP contribution < -0.4 is 0 Å². The molecule has 3 aromatic rings. The molecule has 174 valence electrons. The molecular formula is C30H30O4. The molecule has 0 aromatic heterocycles. The quantitative estimate of drug-likeness (QED) is 0.370. The minimum absolute atomic E-state index is 0.288. The summed E-state index contributed by atoms with van der Waals surface area (Å²) in [6.07, 6.45) is 3.23. The van der Waals surface area contributed by atoms with E-state index in [0.29, 0.717) is 12.0 Å². The van der Waals surface area contributed by atoms with Gasteiger partial charge in [-0.15, -0.1) is 0 Å². The molecule has 0 bridgehead atoms. The van der Waals surface area contributed by atoms with Crippen LogP contribution in [0.2, 0.25) is 0 Å². The van der Waals surface area contributed by atoms with Crippen LogP contribution in [0.1, 0.15) is 69.7 Å². The molecule has 1 aliphatic rings. The fourth-order valence-corrected chi connectivity index (χ4v) is 5.10. The van der Waals surface area contributed by atoms with Crippen molar-refractivity contribution >= 4 is 23.1 Å². The minimum atomic E-state index is -0.529. The normalized spacial score (nSPS) is 12.8. The average Bonchev–Trinajstić information content (AvgIpc) is 2.87. The first-order valence-corrected chi connectivity index (χ1v) is 11.8. The van der Waals surface area contributed by atoms with E-state index in [0.717, 1.165) is 47.1 Å². The molecule has 0 saturated heterocycles. The molecule has 0 amide bonds. The first-order valence-electron chi connectivity index (χ1n) is 11.8. The number of carbonyl (C=O) groups excluding carboxylic acids is 2. The van der Waals surface area contributed by atoms with E-state index in [1.54, 1.807) is 0 Å². The summed E-state index contributed by atoms with van der Waals surface area (Å²) in [6.45, 7) is 4.12. The lowest BCUT2D eigenvalue weighted by molar-refractivity contribution is 0.0554. The van der Waals surface area contributed by atoms with Gasteiger partial charge in [-0.2, -0.15) is 0 Å². The summed E-state index contributed by atoms with van der Waals surface area (Å²) < 4.78 is 10.4. The van der Waals surface area contributed by atoms with Crippen LogP contribution >= 0.6 is 0 Å². The number of allylic oxidation sites excluding steroid dienone is 2. The van der Waals surface area contributed by atoms with Gasteiger partial charge < -0.3 is 9.47 Å². The molecule has 0 heterocycles. The highest BCUT2D eigenvalue weighted by atomic mass is 16.5. The van der Waals surface area contributed by atoms with Gasteiger partial charge in [0.15, 0.2) is 0 Å². The van der Waals surface area contributed by atoms with Crippen LogP contribution in [0.25, 0.3) is 22.3 Å². The maximum absolute atomic E-state index is 13.3. The number of benzene rings is 3. The van der Waals surface area contributed by atoms with Crippen LogP contribution in [-0.4, -0.2) is 26.2 Å². The van der Waals surface area contributed by atoms with E-state index >= 15 is 0 Å². The number of hydrogen-bond acceptors (Lipinski definition) is 4. The average molecular weight is 455 g/mol. The maximum Gasteiger partial charge on any atom is 0.339 e. The molecule has 4 nitrogen and oxygen atoms in total. The van der Waals surface area contributed by atoms with Crippen molar-refractivity contribution in [2.24, 2.45) is 0 Å². The Morgan fingerprint density at radius 2 is 1.15 bits per heavy atom. The zero-order chi connectivity index (χ0) is 24.2. The highest BCUT2D eigenvalue weighted by Crippen LogP contribution is 2.49. The third kappa shape index (κ3) is 3.94. The number of methoxy groups -OCH3 is 2. The standard InChI is InChI=1S/C30H30O4/c1-5-21-22(6-2)27(29(31)33-3)28(30(32)34-4)25(20-15-11-8-12-16-20)26(21)24-18-17-23(24)19-13-9-7-10-14-19/h7-16H,5-6,17-18H2,1-4H3. The number of hydrogen-bond donors (Lipinski definition) is 0. The van der Waals surface area contributed by atoms with E-state index in [1.165, 1.54) is 30.9 Å². The second kappa shape index (κ2) is 10.1. The van der Waals surface area contributed by atoms with Crippen molar-refractivity contribution in [3.05, 3.63) is 94.0 Å². The van der Waals surface area contributed by atoms with E-state index in [4.69, 9.17) is 9.47 Å². The lowest BCUT2D eigenvalue weighted by Gasteiger charge is -2.31. The Labute approximate surface area is 201 Å². The second-order valence-corrected chi connectivity index (χ2v) is 8.34. The Bertz CT molecular complexity index is 1250. The van der Waals surface area contributed by atoms with Crippen LogP contribution in [-0.2, 0) is 22.3 Å². The molecular weight excluding hydrogens is 424 g/mol. The predicted molar refractivity (Wildman–Crippen MR) is 136 cm³/mol. The summed E-state index contributed by atoms with van der Waals surface area (Å²) in [5, 5.41) is 0. The Kier molecular flexibility index (Phi) is 6.97. The Hall–Kier alpha value is -3.66. The van der Waals surface area contributed by atoms with Gasteiger partial charge in [0.05, 0.1) is 25.3 Å². The molecule has 0 saturated carbocycles. The minimum Gasteiger partial charge on any atom is -0.465 e. The highest BCUT2D eigenvalue weighted by Gasteiger charge is 2.34. The van der Waals surface area contributed by atoms with Crippen LogP contribution in [0, 0.1) is 0 Å². The zero-order valence-electron chi connectivity index (χ0n) is 20.2. The summed E-state index contributed by atoms with van der Waals surface area (Å²) in [4.78, 5) is 26.4. The maximum atomic E-state index is 13.3. The van der Waals surface area contributed by atoms with E-state index in [-0.39, 0.29) is 5.56 Å². The van der Waals surface area contributed by atoms with Gasteiger partial charge >= 0.3 is 11.9 Å². The Balaban J connectivity index is 2.21. The summed E-state index contributed by atoms with van der Waals surface area (Å²) >= 11 is 0. The van der Waals surface area contributed by atoms with Crippen molar-refractivity contribution in [1.82, 2.24) is 0 Å². The van der Waals surface area contributed by atoms with Crippen LogP contribution in [0.5, 0.6) is 0 Å². The van der Waals surface area contributed by atoms with Gasteiger partial charge in [0.2, 0.25) is 0 Å². The third-order valence-electron chi connectivity index (χ3n) is 6.68. The third-order valence-corrected chi connectivity index (χ3v) is 6.68. The molecule has 4 heteroatoms. The van der Waals surface area contributed by atoms with Gasteiger partial charge in [0, 0.05) is 5.56 Å². The zero-order valence-corrected chi connectivity index (χ0v) is 20.2.